The Morgan fingerprint density at radius 2 is 2.06 bits per heavy atom. The number of urea groups is 1. The number of hydrogen-bond acceptors (Lipinski definition) is 6. The number of rotatable bonds is 5. The number of nitrogens with one attached hydrogen (secondary N) is 1. The Labute approximate surface area is 195 Å². The number of benzene rings is 2. The number of methoxy groups -OCH3 is 1. The van der Waals surface area contributed by atoms with Crippen molar-refractivity contribution in [3.05, 3.63) is 48.8 Å². The number of fused-ring (bicyclic) bond motifs is 1. The number of carbonyl (C=O) groups excluding carboxylic acids is 1. The summed E-state index contributed by atoms with van der Waals surface area (Å²) in [5.41, 5.74) is 6.35. The summed E-state index contributed by atoms with van der Waals surface area (Å²) in [4.78, 5) is 20.4. The van der Waals surface area contributed by atoms with Gasteiger partial charge in [-0.2, -0.15) is 10.4 Å². The third-order valence-electron chi connectivity index (χ3n) is 5.16. The van der Waals surface area contributed by atoms with Crippen LogP contribution in [0.2, 0.25) is 0 Å². The summed E-state index contributed by atoms with van der Waals surface area (Å²) >= 11 is 0. The van der Waals surface area contributed by atoms with E-state index in [4.69, 9.17) is 14.8 Å². The van der Waals surface area contributed by atoms with E-state index >= 15 is 0 Å². The van der Waals surface area contributed by atoms with Crippen LogP contribution in [0.25, 0.3) is 10.9 Å². The van der Waals surface area contributed by atoms with Crippen LogP contribution in [0.1, 0.15) is 25.7 Å². The van der Waals surface area contributed by atoms with Gasteiger partial charge in [-0.25, -0.2) is 14.0 Å². The molecule has 162 valence electrons. The maximum atomic E-state index is 14.4. The van der Waals surface area contributed by atoms with Gasteiger partial charge in [0.2, 0.25) is 0 Å². The molecule has 0 bridgehead atoms. The van der Waals surface area contributed by atoms with Gasteiger partial charge in [-0.15, -0.1) is 12.1 Å². The molecule has 1 aliphatic rings. The number of nitrogens with zero attached hydrogens (tertiary/aromatic N) is 3. The standard InChI is InChI=1S/C21H22N5O3S.Mo/c1-29-15-9-10-18-19(12-15)23-13-24-20(18)26-30(28,16-6-2-3-7-16)17-8-4-5-14(11-17)25-21(22)27;/h4-5,8,10-13,16H,2-3,6-7H2,1H3,(H3,22,25,27);/q-1;. The van der Waals surface area contributed by atoms with Crippen molar-refractivity contribution in [3.8, 4) is 5.75 Å². The third kappa shape index (κ3) is 4.88. The first kappa shape index (κ1) is 23.2. The topological polar surface area (TPSA) is 120 Å². The van der Waals surface area contributed by atoms with Crippen LogP contribution in [0.4, 0.5) is 16.3 Å². The number of ether oxygens (including phenoxy) is 1. The molecule has 4 rings (SSSR count). The Morgan fingerprint density at radius 3 is 2.77 bits per heavy atom. The fraction of sp³-hybridized carbons (Fsp3) is 0.286. The molecule has 8 nitrogen and oxygen atoms in total. The minimum Gasteiger partial charge on any atom is -0.523 e. The summed E-state index contributed by atoms with van der Waals surface area (Å²) in [6.07, 6.45) is 5.05. The molecule has 2 aromatic carbocycles. The summed E-state index contributed by atoms with van der Waals surface area (Å²) in [6, 6.07) is 12.7. The van der Waals surface area contributed by atoms with Gasteiger partial charge in [0, 0.05) is 37.8 Å². The van der Waals surface area contributed by atoms with E-state index in [1.807, 2.05) is 0 Å². The van der Waals surface area contributed by atoms with E-state index in [1.54, 1.807) is 43.5 Å². The normalized spacial score (nSPS) is 15.6. The zero-order chi connectivity index (χ0) is 21.1. The molecule has 0 saturated heterocycles. The molecule has 1 atom stereocenters. The van der Waals surface area contributed by atoms with Gasteiger partial charge >= 0.3 is 6.03 Å². The number of nitrogens with two attached hydrogens (primary N) is 1. The van der Waals surface area contributed by atoms with Gasteiger partial charge < -0.3 is 15.8 Å². The van der Waals surface area contributed by atoms with E-state index in [1.165, 1.54) is 6.33 Å². The number of hydrogen-bond donors (Lipinski definition) is 2. The van der Waals surface area contributed by atoms with Gasteiger partial charge in [0.25, 0.3) is 0 Å². The average molecular weight is 520 g/mol. The molecule has 1 heterocycles. The van der Waals surface area contributed by atoms with Gasteiger partial charge in [-0.05, 0) is 36.6 Å². The quantitative estimate of drug-likeness (QED) is 0.389. The number of primary amides is 1. The van der Waals surface area contributed by atoms with Crippen molar-refractivity contribution in [1.29, 1.82) is 0 Å². The second kappa shape index (κ2) is 9.74. The zero-order valence-electron chi connectivity index (χ0n) is 16.9. The molecule has 3 N–H and O–H groups in total. The van der Waals surface area contributed by atoms with Gasteiger partial charge in [0.1, 0.15) is 12.1 Å². The SMILES string of the molecule is COc1[c-]cc2c(N=S(=O)(c3cccc(NC(N)=O)c3)C3CCCC3)ncnc2c1.[Mo]. The minimum atomic E-state index is -2.87. The van der Waals surface area contributed by atoms with Gasteiger partial charge in [-0.3, -0.25) is 4.98 Å². The molecule has 31 heavy (non-hydrogen) atoms. The maximum absolute atomic E-state index is 14.4. The summed E-state index contributed by atoms with van der Waals surface area (Å²) in [6.45, 7) is 0. The molecule has 1 aromatic heterocycles. The van der Waals surface area contributed by atoms with Crippen LogP contribution in [0.15, 0.2) is 52.0 Å². The molecular formula is C21H22MoN5O3S-. The second-order valence-electron chi connectivity index (χ2n) is 7.08. The first-order valence-corrected chi connectivity index (χ1v) is 11.2. The van der Waals surface area contributed by atoms with Gasteiger partial charge in [0.05, 0.1) is 21.7 Å². The van der Waals surface area contributed by atoms with Crippen molar-refractivity contribution in [1.82, 2.24) is 9.97 Å². The van der Waals surface area contributed by atoms with Crippen LogP contribution >= 0.6 is 0 Å². The van der Waals surface area contributed by atoms with Crippen molar-refractivity contribution in [2.75, 3.05) is 12.4 Å². The molecule has 1 unspecified atom stereocenters. The number of amides is 2. The first-order chi connectivity index (χ1) is 14.5. The van der Waals surface area contributed by atoms with Crippen LogP contribution in [0, 0.1) is 6.07 Å². The molecule has 2 amide bonds. The minimum absolute atomic E-state index is 0. The van der Waals surface area contributed by atoms with Crippen molar-refractivity contribution in [2.24, 2.45) is 10.1 Å². The molecule has 1 saturated carbocycles. The maximum Gasteiger partial charge on any atom is 0.316 e. The Kier molecular flexibility index (Phi) is 7.28. The molecule has 0 aliphatic heterocycles. The zero-order valence-corrected chi connectivity index (χ0v) is 19.7. The molecule has 3 aromatic rings. The Morgan fingerprint density at radius 1 is 1.29 bits per heavy atom. The van der Waals surface area contributed by atoms with Gasteiger partial charge in [0.15, 0.2) is 0 Å². The molecule has 1 aliphatic carbocycles. The van der Waals surface area contributed by atoms with Crippen LogP contribution in [-0.2, 0) is 30.8 Å². The van der Waals surface area contributed by atoms with Crippen molar-refractivity contribution in [3.63, 3.8) is 0 Å². The Balaban J connectivity index is 0.00000272. The van der Waals surface area contributed by atoms with Gasteiger partial charge in [-0.1, -0.05) is 24.3 Å². The van der Waals surface area contributed by atoms with Crippen molar-refractivity contribution < 1.29 is 34.8 Å². The molecule has 0 spiro atoms. The van der Waals surface area contributed by atoms with Crippen LogP contribution in [0.3, 0.4) is 0 Å². The molecular weight excluding hydrogens is 498 g/mol. The fourth-order valence-corrected chi connectivity index (χ4v) is 6.29. The largest absolute Gasteiger partial charge is 0.523 e. The summed E-state index contributed by atoms with van der Waals surface area (Å²) in [7, 11) is -1.31. The van der Waals surface area contributed by atoms with E-state index in [0.717, 1.165) is 25.7 Å². The van der Waals surface area contributed by atoms with E-state index in [9.17, 15) is 9.00 Å². The summed E-state index contributed by atoms with van der Waals surface area (Å²) < 4.78 is 24.3. The monoisotopic (exact) mass is 522 g/mol. The van der Waals surface area contributed by atoms with Crippen LogP contribution < -0.4 is 15.8 Å². The van der Waals surface area contributed by atoms with E-state index in [-0.39, 0.29) is 26.3 Å². The average Bonchev–Trinajstić information content (AvgIpc) is 3.29. The number of anilines is 1. The number of carbonyl (C=O) groups is 1. The smallest absolute Gasteiger partial charge is 0.316 e. The van der Waals surface area contributed by atoms with E-state index < -0.39 is 15.8 Å². The predicted molar refractivity (Wildman–Crippen MR) is 115 cm³/mol. The fourth-order valence-electron chi connectivity index (χ4n) is 3.71. The molecule has 1 fully saturated rings. The van der Waals surface area contributed by atoms with Crippen LogP contribution in [-0.4, -0.2) is 32.6 Å². The molecule has 10 heteroatoms. The van der Waals surface area contributed by atoms with E-state index in [2.05, 4.69) is 21.4 Å². The summed E-state index contributed by atoms with van der Waals surface area (Å²) in [5.74, 6) is 0.901. The molecule has 0 radical (unpaired) electrons. The van der Waals surface area contributed by atoms with Crippen LogP contribution in [0.5, 0.6) is 5.75 Å². The van der Waals surface area contributed by atoms with Crippen molar-refractivity contribution >= 4 is 38.2 Å². The third-order valence-corrected chi connectivity index (χ3v) is 7.90. The van der Waals surface area contributed by atoms with E-state index in [0.29, 0.717) is 33.1 Å². The number of aromatic nitrogens is 2. The summed E-state index contributed by atoms with van der Waals surface area (Å²) in [5, 5.41) is 3.09. The predicted octanol–water partition coefficient (Wildman–Crippen LogP) is 4.03. The Bertz CT molecular complexity index is 1220. The van der Waals surface area contributed by atoms with Crippen molar-refractivity contribution in [2.45, 2.75) is 35.8 Å². The first-order valence-electron chi connectivity index (χ1n) is 9.62. The second-order valence-corrected chi connectivity index (χ2v) is 9.54. The Hall–Kier alpha value is -2.51.